The van der Waals surface area contributed by atoms with Crippen molar-refractivity contribution >= 4 is 5.91 Å². The Morgan fingerprint density at radius 3 is 2.35 bits per heavy atom. The molecule has 0 aliphatic rings. The number of rotatable bonds is 6. The minimum absolute atomic E-state index is 0.00214. The monoisotopic (exact) mass is 271 g/mol. The lowest BCUT2D eigenvalue weighted by molar-refractivity contribution is -0.123. The van der Waals surface area contributed by atoms with Crippen molar-refractivity contribution < 1.29 is 14.6 Å². The van der Waals surface area contributed by atoms with Gasteiger partial charge in [-0.1, -0.05) is 42.5 Å². The smallest absolute Gasteiger partial charge is 0.258 e. The second kappa shape index (κ2) is 7.31. The Morgan fingerprint density at radius 2 is 1.70 bits per heavy atom. The Bertz CT molecular complexity index is 537. The maximum absolute atomic E-state index is 11.6. The highest BCUT2D eigenvalue weighted by Crippen LogP contribution is 2.11. The molecule has 0 spiro atoms. The fourth-order valence-corrected chi connectivity index (χ4v) is 1.69. The summed E-state index contributed by atoms with van der Waals surface area (Å²) < 4.78 is 5.36. The van der Waals surface area contributed by atoms with Gasteiger partial charge in [0.1, 0.15) is 5.75 Å². The minimum Gasteiger partial charge on any atom is -0.484 e. The Kier molecular flexibility index (Phi) is 5.15. The highest BCUT2D eigenvalue weighted by molar-refractivity contribution is 5.77. The molecule has 0 aliphatic carbocycles. The van der Waals surface area contributed by atoms with Crippen molar-refractivity contribution in [2.24, 2.45) is 0 Å². The van der Waals surface area contributed by atoms with Gasteiger partial charge in [0.2, 0.25) is 0 Å². The van der Waals surface area contributed by atoms with E-state index in [1.54, 1.807) is 24.3 Å². The first-order valence-corrected chi connectivity index (χ1v) is 6.41. The van der Waals surface area contributed by atoms with Crippen molar-refractivity contribution in [1.29, 1.82) is 0 Å². The summed E-state index contributed by atoms with van der Waals surface area (Å²) in [4.78, 5) is 11.6. The van der Waals surface area contributed by atoms with E-state index in [0.717, 1.165) is 11.1 Å². The van der Waals surface area contributed by atoms with Crippen LogP contribution in [0.25, 0.3) is 0 Å². The van der Waals surface area contributed by atoms with Crippen LogP contribution in [-0.2, 0) is 17.9 Å². The third-order valence-electron chi connectivity index (χ3n) is 2.81. The predicted octanol–water partition coefficient (Wildman–Crippen LogP) is 1.87. The summed E-state index contributed by atoms with van der Waals surface area (Å²) in [5.41, 5.74) is 1.86. The first kappa shape index (κ1) is 14.1. The Hall–Kier alpha value is -2.33. The van der Waals surface area contributed by atoms with Crippen LogP contribution in [0.2, 0.25) is 0 Å². The van der Waals surface area contributed by atoms with E-state index < -0.39 is 0 Å². The van der Waals surface area contributed by atoms with Gasteiger partial charge in [0.15, 0.2) is 6.61 Å². The molecule has 1 amide bonds. The summed E-state index contributed by atoms with van der Waals surface area (Å²) in [7, 11) is 0. The quantitative estimate of drug-likeness (QED) is 0.843. The molecular formula is C16H17NO3. The van der Waals surface area contributed by atoms with Crippen molar-refractivity contribution in [3.8, 4) is 5.75 Å². The zero-order valence-corrected chi connectivity index (χ0v) is 11.1. The molecule has 4 heteroatoms. The van der Waals surface area contributed by atoms with Gasteiger partial charge in [-0.25, -0.2) is 0 Å². The summed E-state index contributed by atoms with van der Waals surface area (Å²) in [5, 5.41) is 11.7. The molecule has 4 nitrogen and oxygen atoms in total. The number of ether oxygens (including phenoxy) is 1. The lowest BCUT2D eigenvalue weighted by Gasteiger charge is -2.08. The standard InChI is InChI=1S/C16H17NO3/c18-11-14-6-8-15(9-7-14)20-12-16(19)17-10-13-4-2-1-3-5-13/h1-9,18H,10-12H2,(H,17,19). The van der Waals surface area contributed by atoms with Crippen molar-refractivity contribution in [2.75, 3.05) is 6.61 Å². The molecule has 20 heavy (non-hydrogen) atoms. The van der Waals surface area contributed by atoms with Crippen LogP contribution >= 0.6 is 0 Å². The topological polar surface area (TPSA) is 58.6 Å². The van der Waals surface area contributed by atoms with E-state index in [2.05, 4.69) is 5.32 Å². The van der Waals surface area contributed by atoms with Gasteiger partial charge in [-0.2, -0.15) is 0 Å². The van der Waals surface area contributed by atoms with Crippen LogP contribution in [-0.4, -0.2) is 17.6 Å². The fourth-order valence-electron chi connectivity index (χ4n) is 1.69. The molecule has 0 unspecified atom stereocenters. The van der Waals surface area contributed by atoms with Crippen molar-refractivity contribution in [2.45, 2.75) is 13.2 Å². The van der Waals surface area contributed by atoms with E-state index >= 15 is 0 Å². The molecule has 2 aromatic rings. The van der Waals surface area contributed by atoms with Crippen molar-refractivity contribution in [1.82, 2.24) is 5.32 Å². The summed E-state index contributed by atoms with van der Waals surface area (Å²) in [6, 6.07) is 16.7. The molecule has 0 aliphatic heterocycles. The van der Waals surface area contributed by atoms with Gasteiger partial charge in [-0.15, -0.1) is 0 Å². The molecule has 0 saturated carbocycles. The zero-order chi connectivity index (χ0) is 14.2. The summed E-state index contributed by atoms with van der Waals surface area (Å²) in [5.74, 6) is 0.442. The molecule has 2 aromatic carbocycles. The molecular weight excluding hydrogens is 254 g/mol. The lowest BCUT2D eigenvalue weighted by atomic mass is 10.2. The second-order valence-electron chi connectivity index (χ2n) is 4.35. The third kappa shape index (κ3) is 4.40. The third-order valence-corrected chi connectivity index (χ3v) is 2.81. The van der Waals surface area contributed by atoms with Gasteiger partial charge in [-0.05, 0) is 23.3 Å². The lowest BCUT2D eigenvalue weighted by Crippen LogP contribution is -2.28. The Morgan fingerprint density at radius 1 is 1.00 bits per heavy atom. The van der Waals surface area contributed by atoms with Crippen LogP contribution in [0.1, 0.15) is 11.1 Å². The molecule has 104 valence electrons. The van der Waals surface area contributed by atoms with Crippen LogP contribution < -0.4 is 10.1 Å². The Labute approximate surface area is 118 Å². The summed E-state index contributed by atoms with van der Waals surface area (Å²) in [6.45, 7) is 0.468. The van der Waals surface area contributed by atoms with E-state index in [9.17, 15) is 4.79 Å². The molecule has 0 bridgehead atoms. The van der Waals surface area contributed by atoms with E-state index in [1.807, 2.05) is 30.3 Å². The van der Waals surface area contributed by atoms with Gasteiger partial charge in [0, 0.05) is 6.54 Å². The van der Waals surface area contributed by atoms with E-state index in [-0.39, 0.29) is 19.1 Å². The van der Waals surface area contributed by atoms with Crippen molar-refractivity contribution in [3.63, 3.8) is 0 Å². The van der Waals surface area contributed by atoms with Crippen LogP contribution in [0, 0.1) is 0 Å². The predicted molar refractivity (Wildman–Crippen MR) is 76.1 cm³/mol. The maximum atomic E-state index is 11.6. The van der Waals surface area contributed by atoms with Gasteiger partial charge in [0.05, 0.1) is 6.61 Å². The van der Waals surface area contributed by atoms with Crippen LogP contribution in [0.4, 0.5) is 0 Å². The number of nitrogens with one attached hydrogen (secondary N) is 1. The van der Waals surface area contributed by atoms with Gasteiger partial charge in [0.25, 0.3) is 5.91 Å². The first-order chi connectivity index (χ1) is 9.78. The summed E-state index contributed by atoms with van der Waals surface area (Å²) in [6.07, 6.45) is 0. The SMILES string of the molecule is O=C(COc1ccc(CO)cc1)NCc1ccccc1. The fraction of sp³-hybridized carbons (Fsp3) is 0.188. The molecule has 0 heterocycles. The average Bonchev–Trinajstić information content (AvgIpc) is 2.52. The normalized spacial score (nSPS) is 10.1. The van der Waals surface area contributed by atoms with E-state index in [0.29, 0.717) is 12.3 Å². The molecule has 0 radical (unpaired) electrons. The Balaban J connectivity index is 1.74. The second-order valence-corrected chi connectivity index (χ2v) is 4.35. The molecule has 0 aromatic heterocycles. The molecule has 2 rings (SSSR count). The molecule has 0 fully saturated rings. The number of aliphatic hydroxyl groups is 1. The molecule has 0 atom stereocenters. The number of aliphatic hydroxyl groups excluding tert-OH is 1. The minimum atomic E-state index is -0.167. The van der Waals surface area contributed by atoms with Crippen molar-refractivity contribution in [3.05, 3.63) is 65.7 Å². The maximum Gasteiger partial charge on any atom is 0.258 e. The van der Waals surface area contributed by atoms with Crippen LogP contribution in [0.3, 0.4) is 0 Å². The first-order valence-electron chi connectivity index (χ1n) is 6.41. The van der Waals surface area contributed by atoms with E-state index in [4.69, 9.17) is 9.84 Å². The van der Waals surface area contributed by atoms with Gasteiger partial charge < -0.3 is 15.2 Å². The molecule has 0 saturated heterocycles. The average molecular weight is 271 g/mol. The highest BCUT2D eigenvalue weighted by atomic mass is 16.5. The number of hydrogen-bond acceptors (Lipinski definition) is 3. The van der Waals surface area contributed by atoms with Gasteiger partial charge >= 0.3 is 0 Å². The number of carbonyl (C=O) groups excluding carboxylic acids is 1. The van der Waals surface area contributed by atoms with E-state index in [1.165, 1.54) is 0 Å². The van der Waals surface area contributed by atoms with Crippen LogP contribution in [0.5, 0.6) is 5.75 Å². The zero-order valence-electron chi connectivity index (χ0n) is 11.1. The largest absolute Gasteiger partial charge is 0.484 e. The highest BCUT2D eigenvalue weighted by Gasteiger charge is 2.02. The number of hydrogen-bond donors (Lipinski definition) is 2. The summed E-state index contributed by atoms with van der Waals surface area (Å²) >= 11 is 0. The van der Waals surface area contributed by atoms with Crippen LogP contribution in [0.15, 0.2) is 54.6 Å². The van der Waals surface area contributed by atoms with Gasteiger partial charge in [-0.3, -0.25) is 4.79 Å². The number of benzene rings is 2. The molecule has 2 N–H and O–H groups in total. The number of amides is 1. The number of carbonyl (C=O) groups is 1.